The van der Waals surface area contributed by atoms with E-state index in [4.69, 9.17) is 9.47 Å². The highest BCUT2D eigenvalue weighted by Crippen LogP contribution is 2.14. The molecule has 8 heteroatoms. The van der Waals surface area contributed by atoms with Gasteiger partial charge < -0.3 is 25.0 Å². The van der Waals surface area contributed by atoms with Gasteiger partial charge in [0, 0.05) is 32.2 Å². The number of hydrogen-bond acceptors (Lipinski definition) is 4. The number of aliphatic imine (C=N–C) groups is 1. The number of amides is 1. The highest BCUT2D eigenvalue weighted by molar-refractivity contribution is 5.80. The Balaban J connectivity index is 1.73. The first kappa shape index (κ1) is 19.8. The van der Waals surface area contributed by atoms with E-state index in [1.165, 1.54) is 19.2 Å². The normalized spacial score (nSPS) is 16.8. The fourth-order valence-electron chi connectivity index (χ4n) is 2.78. The van der Waals surface area contributed by atoms with E-state index in [0.717, 1.165) is 12.8 Å². The molecule has 1 aromatic carbocycles. The van der Waals surface area contributed by atoms with Gasteiger partial charge in [-0.15, -0.1) is 0 Å². The minimum absolute atomic E-state index is 0.156. The van der Waals surface area contributed by atoms with Crippen LogP contribution in [-0.4, -0.2) is 62.9 Å². The lowest BCUT2D eigenvalue weighted by Gasteiger charge is -2.32. The summed E-state index contributed by atoms with van der Waals surface area (Å²) in [5.74, 6) is 0.854. The average Bonchev–Trinajstić information content (AvgIpc) is 2.65. The monoisotopic (exact) mass is 366 g/mol. The summed E-state index contributed by atoms with van der Waals surface area (Å²) in [7, 11) is 3.10. The Morgan fingerprint density at radius 3 is 2.77 bits per heavy atom. The number of halogens is 1. The summed E-state index contributed by atoms with van der Waals surface area (Å²) >= 11 is 0. The zero-order chi connectivity index (χ0) is 18.9. The second-order valence-electron chi connectivity index (χ2n) is 6.21. The minimum atomic E-state index is -0.321. The highest BCUT2D eigenvalue weighted by atomic mass is 19.1. The minimum Gasteiger partial charge on any atom is -0.489 e. The molecule has 1 saturated heterocycles. The van der Waals surface area contributed by atoms with E-state index >= 15 is 0 Å². The van der Waals surface area contributed by atoms with Crippen molar-refractivity contribution in [3.63, 3.8) is 0 Å². The number of guanidine groups is 1. The number of likely N-dealkylation sites (tertiary alicyclic amines) is 1. The maximum absolute atomic E-state index is 13.2. The summed E-state index contributed by atoms with van der Waals surface area (Å²) in [5.41, 5.74) is 0. The van der Waals surface area contributed by atoms with Crippen molar-refractivity contribution >= 4 is 12.1 Å². The Labute approximate surface area is 153 Å². The average molecular weight is 366 g/mol. The van der Waals surface area contributed by atoms with Gasteiger partial charge in [0.15, 0.2) is 5.96 Å². The van der Waals surface area contributed by atoms with E-state index in [2.05, 4.69) is 15.6 Å². The van der Waals surface area contributed by atoms with Crippen molar-refractivity contribution in [3.8, 4) is 5.75 Å². The second kappa shape index (κ2) is 9.84. The summed E-state index contributed by atoms with van der Waals surface area (Å²) in [4.78, 5) is 17.4. The number of carbonyl (C=O) groups excluding carboxylic acids is 1. The Hall–Kier alpha value is -2.51. The van der Waals surface area contributed by atoms with Crippen LogP contribution in [0.2, 0.25) is 0 Å². The molecule has 0 bridgehead atoms. The number of nitrogens with zero attached hydrogens (tertiary/aromatic N) is 2. The van der Waals surface area contributed by atoms with Crippen LogP contribution in [0.5, 0.6) is 5.75 Å². The van der Waals surface area contributed by atoms with Gasteiger partial charge >= 0.3 is 6.09 Å². The molecule has 0 aromatic heterocycles. The molecule has 1 unspecified atom stereocenters. The SMILES string of the molecule is CN=C(NCC(C)Oc1cccc(F)c1)NC1CCN(C(=O)OC)CC1. The molecular formula is C18H27FN4O3. The van der Waals surface area contributed by atoms with Crippen molar-refractivity contribution in [2.24, 2.45) is 4.99 Å². The molecule has 0 spiro atoms. The van der Waals surface area contributed by atoms with Crippen LogP contribution in [0.3, 0.4) is 0 Å². The lowest BCUT2D eigenvalue weighted by molar-refractivity contribution is 0.111. The van der Waals surface area contributed by atoms with Crippen molar-refractivity contribution in [3.05, 3.63) is 30.1 Å². The largest absolute Gasteiger partial charge is 0.489 e. The second-order valence-corrected chi connectivity index (χ2v) is 6.21. The fourth-order valence-corrected chi connectivity index (χ4v) is 2.78. The van der Waals surface area contributed by atoms with Gasteiger partial charge in [0.1, 0.15) is 17.7 Å². The molecule has 1 fully saturated rings. The van der Waals surface area contributed by atoms with Gasteiger partial charge in [-0.2, -0.15) is 0 Å². The molecule has 0 radical (unpaired) electrons. The summed E-state index contributed by atoms with van der Waals surface area (Å²) < 4.78 is 23.6. The molecule has 0 saturated carbocycles. The molecule has 2 N–H and O–H groups in total. The molecular weight excluding hydrogens is 339 g/mol. The quantitative estimate of drug-likeness (QED) is 0.616. The van der Waals surface area contributed by atoms with E-state index in [-0.39, 0.29) is 24.1 Å². The first-order chi connectivity index (χ1) is 12.5. The van der Waals surface area contributed by atoms with Gasteiger partial charge in [-0.05, 0) is 31.9 Å². The van der Waals surface area contributed by atoms with Crippen LogP contribution in [0, 0.1) is 5.82 Å². The molecule has 1 heterocycles. The number of nitrogens with one attached hydrogen (secondary N) is 2. The van der Waals surface area contributed by atoms with E-state index < -0.39 is 0 Å². The Kier molecular flexibility index (Phi) is 7.50. The highest BCUT2D eigenvalue weighted by Gasteiger charge is 2.23. The van der Waals surface area contributed by atoms with Gasteiger partial charge in [-0.1, -0.05) is 6.07 Å². The van der Waals surface area contributed by atoms with Crippen molar-refractivity contribution < 1.29 is 18.7 Å². The smallest absolute Gasteiger partial charge is 0.409 e. The molecule has 1 aromatic rings. The molecule has 144 valence electrons. The van der Waals surface area contributed by atoms with Gasteiger partial charge in [0.25, 0.3) is 0 Å². The molecule has 1 aliphatic rings. The molecule has 0 aliphatic carbocycles. The molecule has 2 rings (SSSR count). The number of methoxy groups -OCH3 is 1. The van der Waals surface area contributed by atoms with Crippen molar-refractivity contribution in [1.82, 2.24) is 15.5 Å². The molecule has 26 heavy (non-hydrogen) atoms. The van der Waals surface area contributed by atoms with Crippen LogP contribution in [0.15, 0.2) is 29.3 Å². The Bertz CT molecular complexity index is 618. The van der Waals surface area contributed by atoms with Crippen molar-refractivity contribution in [2.45, 2.75) is 31.9 Å². The third kappa shape index (κ3) is 6.09. The van der Waals surface area contributed by atoms with Gasteiger partial charge in [0.2, 0.25) is 0 Å². The summed E-state index contributed by atoms with van der Waals surface area (Å²) in [6.07, 6.45) is 1.21. The number of piperidine rings is 1. The number of benzene rings is 1. The first-order valence-corrected chi connectivity index (χ1v) is 8.74. The standard InChI is InChI=1S/C18H27FN4O3/c1-13(26-16-6-4-5-14(19)11-16)12-21-17(20-2)22-15-7-9-23(10-8-15)18(24)25-3/h4-6,11,13,15H,7-10,12H2,1-3H3,(H2,20,21,22). The van der Waals surface area contributed by atoms with Crippen LogP contribution in [0.1, 0.15) is 19.8 Å². The summed E-state index contributed by atoms with van der Waals surface area (Å²) in [5, 5.41) is 6.57. The predicted octanol–water partition coefficient (Wildman–Crippen LogP) is 1.99. The Morgan fingerprint density at radius 2 is 2.15 bits per heavy atom. The van der Waals surface area contributed by atoms with Crippen LogP contribution in [-0.2, 0) is 4.74 Å². The van der Waals surface area contributed by atoms with Crippen LogP contribution >= 0.6 is 0 Å². The molecule has 7 nitrogen and oxygen atoms in total. The van der Waals surface area contributed by atoms with Gasteiger partial charge in [0.05, 0.1) is 13.7 Å². The maximum Gasteiger partial charge on any atom is 0.409 e. The molecule has 1 aliphatic heterocycles. The van der Waals surface area contributed by atoms with E-state index in [1.54, 1.807) is 24.1 Å². The third-order valence-corrected chi connectivity index (χ3v) is 4.18. The van der Waals surface area contributed by atoms with Crippen LogP contribution in [0.4, 0.5) is 9.18 Å². The molecule has 1 atom stereocenters. The lowest BCUT2D eigenvalue weighted by atomic mass is 10.1. The zero-order valence-corrected chi connectivity index (χ0v) is 15.5. The fraction of sp³-hybridized carbons (Fsp3) is 0.556. The number of ether oxygens (including phenoxy) is 2. The summed E-state index contributed by atoms with van der Waals surface area (Å²) in [6, 6.07) is 6.32. The lowest BCUT2D eigenvalue weighted by Crippen LogP contribution is -2.50. The maximum atomic E-state index is 13.2. The first-order valence-electron chi connectivity index (χ1n) is 8.74. The topological polar surface area (TPSA) is 75.2 Å². The Morgan fingerprint density at radius 1 is 1.42 bits per heavy atom. The van der Waals surface area contributed by atoms with Gasteiger partial charge in [-0.25, -0.2) is 9.18 Å². The zero-order valence-electron chi connectivity index (χ0n) is 15.5. The van der Waals surface area contributed by atoms with Crippen LogP contribution < -0.4 is 15.4 Å². The van der Waals surface area contributed by atoms with Crippen molar-refractivity contribution in [1.29, 1.82) is 0 Å². The van der Waals surface area contributed by atoms with E-state index in [9.17, 15) is 9.18 Å². The van der Waals surface area contributed by atoms with E-state index in [0.29, 0.717) is 31.3 Å². The summed E-state index contributed by atoms with van der Waals surface area (Å²) in [6.45, 7) is 3.73. The predicted molar refractivity (Wildman–Crippen MR) is 98.0 cm³/mol. The van der Waals surface area contributed by atoms with Gasteiger partial charge in [-0.3, -0.25) is 4.99 Å². The number of carbonyl (C=O) groups is 1. The van der Waals surface area contributed by atoms with Crippen LogP contribution in [0.25, 0.3) is 0 Å². The van der Waals surface area contributed by atoms with Crippen molar-refractivity contribution in [2.75, 3.05) is 33.8 Å². The number of rotatable bonds is 5. The van der Waals surface area contributed by atoms with E-state index in [1.807, 2.05) is 6.92 Å². The molecule has 1 amide bonds. The number of hydrogen-bond donors (Lipinski definition) is 2. The third-order valence-electron chi connectivity index (χ3n) is 4.18.